The molecule has 0 spiro atoms. The summed E-state index contributed by atoms with van der Waals surface area (Å²) in [6.45, 7) is 0.304. The first-order chi connectivity index (χ1) is 16.0. The van der Waals surface area contributed by atoms with Crippen LogP contribution >= 0.6 is 0 Å². The van der Waals surface area contributed by atoms with Crippen LogP contribution in [0.25, 0.3) is 11.1 Å². The van der Waals surface area contributed by atoms with Gasteiger partial charge in [0, 0.05) is 18.9 Å². The number of rotatable bonds is 5. The maximum atomic E-state index is 13.9. The fourth-order valence-corrected chi connectivity index (χ4v) is 3.84. The van der Waals surface area contributed by atoms with E-state index in [4.69, 9.17) is 9.84 Å². The minimum absolute atomic E-state index is 0.0531. The van der Waals surface area contributed by atoms with E-state index < -0.39 is 34.8 Å². The maximum absolute atomic E-state index is 13.9. The van der Waals surface area contributed by atoms with Crippen LogP contribution in [0.3, 0.4) is 0 Å². The zero-order valence-electron chi connectivity index (χ0n) is 17.4. The Balaban J connectivity index is 1.30. The van der Waals surface area contributed by atoms with Crippen LogP contribution in [0, 0.1) is 23.5 Å². The van der Waals surface area contributed by atoms with Crippen molar-refractivity contribution in [3.63, 3.8) is 0 Å². The Hall–Kier alpha value is -4.18. The van der Waals surface area contributed by atoms with E-state index in [9.17, 15) is 18.4 Å². The molecule has 1 amide bonds. The summed E-state index contributed by atoms with van der Waals surface area (Å²) < 4.78 is 33.1. The van der Waals surface area contributed by atoms with Crippen molar-refractivity contribution >= 4 is 12.1 Å². The summed E-state index contributed by atoms with van der Waals surface area (Å²) in [5.41, 5.74) is 3.47. The molecule has 0 heterocycles. The average molecular weight is 447 g/mol. The molecule has 0 aliphatic heterocycles. The Bertz CT molecular complexity index is 1220. The molecule has 2 N–H and O–H groups in total. The smallest absolute Gasteiger partial charge is 0.407 e. The van der Waals surface area contributed by atoms with Crippen LogP contribution in [0.2, 0.25) is 0 Å². The van der Waals surface area contributed by atoms with Crippen molar-refractivity contribution in [1.29, 1.82) is 0 Å². The topological polar surface area (TPSA) is 75.6 Å². The van der Waals surface area contributed by atoms with Crippen LogP contribution in [-0.4, -0.2) is 30.3 Å². The van der Waals surface area contributed by atoms with Gasteiger partial charge in [0.15, 0.2) is 0 Å². The molecular weight excluding hydrogens is 428 g/mol. The van der Waals surface area contributed by atoms with Gasteiger partial charge in [-0.15, -0.1) is 0 Å². The van der Waals surface area contributed by atoms with Crippen LogP contribution in [-0.2, 0) is 4.74 Å². The molecule has 33 heavy (non-hydrogen) atoms. The van der Waals surface area contributed by atoms with Crippen molar-refractivity contribution in [2.45, 2.75) is 12.3 Å². The van der Waals surface area contributed by atoms with E-state index in [1.165, 1.54) is 0 Å². The number of carbonyl (C=O) groups is 2. The van der Waals surface area contributed by atoms with Gasteiger partial charge in [-0.1, -0.05) is 60.4 Å². The van der Waals surface area contributed by atoms with Crippen molar-refractivity contribution in [1.82, 2.24) is 5.32 Å². The number of carbonyl (C=O) groups excluding carboxylic acids is 1. The second kappa shape index (κ2) is 9.53. The molecule has 7 heteroatoms. The first-order valence-electron chi connectivity index (χ1n) is 10.3. The van der Waals surface area contributed by atoms with Gasteiger partial charge >= 0.3 is 12.1 Å². The Morgan fingerprint density at radius 2 is 1.55 bits per heavy atom. The number of carboxylic acids is 1. The number of carboxylic acid groups (broad SMARTS) is 1. The first-order valence-corrected chi connectivity index (χ1v) is 10.3. The van der Waals surface area contributed by atoms with Crippen LogP contribution in [0.4, 0.5) is 13.6 Å². The van der Waals surface area contributed by atoms with Gasteiger partial charge in [-0.05, 0) is 34.4 Å². The van der Waals surface area contributed by atoms with Gasteiger partial charge in [0.1, 0.15) is 18.2 Å². The van der Waals surface area contributed by atoms with Crippen molar-refractivity contribution in [3.8, 4) is 23.0 Å². The summed E-state index contributed by atoms with van der Waals surface area (Å²) in [5, 5.41) is 11.4. The number of ether oxygens (including phenoxy) is 1. The highest BCUT2D eigenvalue weighted by molar-refractivity contribution is 5.87. The van der Waals surface area contributed by atoms with Gasteiger partial charge in [-0.2, -0.15) is 0 Å². The minimum atomic E-state index is -1.43. The molecule has 0 fully saturated rings. The highest BCUT2D eigenvalue weighted by Crippen LogP contribution is 2.44. The van der Waals surface area contributed by atoms with Crippen molar-refractivity contribution in [2.24, 2.45) is 0 Å². The molecule has 0 saturated carbocycles. The number of nitrogens with one attached hydrogen (secondary N) is 1. The van der Waals surface area contributed by atoms with Crippen LogP contribution in [0.15, 0.2) is 60.7 Å². The van der Waals surface area contributed by atoms with Gasteiger partial charge in [0.25, 0.3) is 0 Å². The van der Waals surface area contributed by atoms with E-state index >= 15 is 0 Å². The number of alkyl carbamates (subject to hydrolysis) is 1. The molecule has 0 atom stereocenters. The number of fused-ring (bicyclic) bond motifs is 3. The molecule has 0 aromatic heterocycles. The zero-order valence-corrected chi connectivity index (χ0v) is 17.4. The second-order valence-electron chi connectivity index (χ2n) is 7.42. The summed E-state index contributed by atoms with van der Waals surface area (Å²) in [4.78, 5) is 22.9. The normalized spacial score (nSPS) is 11.7. The van der Waals surface area contributed by atoms with Gasteiger partial charge in [0.05, 0.1) is 11.1 Å². The Morgan fingerprint density at radius 1 is 0.970 bits per heavy atom. The summed E-state index contributed by atoms with van der Waals surface area (Å²) in [5.74, 6) is 1.31. The van der Waals surface area contributed by atoms with Crippen LogP contribution < -0.4 is 5.32 Å². The zero-order chi connectivity index (χ0) is 23.4. The second-order valence-corrected chi connectivity index (χ2v) is 7.42. The lowest BCUT2D eigenvalue weighted by atomic mass is 9.98. The van der Waals surface area contributed by atoms with Gasteiger partial charge < -0.3 is 15.2 Å². The lowest BCUT2D eigenvalue weighted by molar-refractivity contribution is 0.0695. The third-order valence-corrected chi connectivity index (χ3v) is 5.37. The number of halogens is 2. The van der Waals surface area contributed by atoms with Gasteiger partial charge in [0.2, 0.25) is 0 Å². The largest absolute Gasteiger partial charge is 0.478 e. The van der Waals surface area contributed by atoms with Crippen LogP contribution in [0.5, 0.6) is 0 Å². The maximum Gasteiger partial charge on any atom is 0.407 e. The molecule has 1 aliphatic rings. The average Bonchev–Trinajstić information content (AvgIpc) is 3.12. The predicted octanol–water partition coefficient (Wildman–Crippen LogP) is 4.94. The van der Waals surface area contributed by atoms with E-state index in [1.54, 1.807) is 0 Å². The van der Waals surface area contributed by atoms with E-state index in [1.807, 2.05) is 48.5 Å². The Labute approximate surface area is 189 Å². The van der Waals surface area contributed by atoms with Crippen molar-refractivity contribution in [3.05, 3.63) is 94.6 Å². The lowest BCUT2D eigenvalue weighted by Gasteiger charge is -2.14. The summed E-state index contributed by atoms with van der Waals surface area (Å²) in [7, 11) is 0. The van der Waals surface area contributed by atoms with Crippen LogP contribution in [0.1, 0.15) is 39.4 Å². The summed E-state index contributed by atoms with van der Waals surface area (Å²) >= 11 is 0. The number of hydrogen-bond acceptors (Lipinski definition) is 3. The summed E-state index contributed by atoms with van der Waals surface area (Å²) in [6.07, 6.45) is -0.481. The highest BCUT2D eigenvalue weighted by Gasteiger charge is 2.28. The minimum Gasteiger partial charge on any atom is -0.478 e. The van der Waals surface area contributed by atoms with Crippen molar-refractivity contribution < 1.29 is 28.2 Å². The standard InChI is InChI=1S/C26H19F2NO4/c27-23-13-16(25(30)31)14-24(28)21(23)11-5-6-12-29-26(32)33-15-22-19-9-3-1-7-17(19)18-8-2-4-10-20(18)22/h1-4,7-10,13-14,22H,6,12,15H2,(H,29,32)(H,30,31). The Morgan fingerprint density at radius 3 is 2.12 bits per heavy atom. The van der Waals surface area contributed by atoms with Gasteiger partial charge in [-0.25, -0.2) is 18.4 Å². The number of benzene rings is 3. The van der Waals surface area contributed by atoms with E-state index in [0.29, 0.717) is 12.1 Å². The highest BCUT2D eigenvalue weighted by atomic mass is 19.1. The molecule has 3 aromatic rings. The molecule has 0 unspecified atom stereocenters. The monoisotopic (exact) mass is 447 g/mol. The van der Waals surface area contributed by atoms with E-state index in [-0.39, 0.29) is 25.5 Å². The lowest BCUT2D eigenvalue weighted by Crippen LogP contribution is -2.26. The van der Waals surface area contributed by atoms with Gasteiger partial charge in [-0.3, -0.25) is 0 Å². The number of hydrogen-bond donors (Lipinski definition) is 2. The third kappa shape index (κ3) is 4.70. The van der Waals surface area contributed by atoms with E-state index in [0.717, 1.165) is 22.3 Å². The predicted molar refractivity (Wildman–Crippen MR) is 118 cm³/mol. The molecule has 0 bridgehead atoms. The molecule has 166 valence electrons. The number of amides is 1. The quantitative estimate of drug-likeness (QED) is 0.429. The number of aromatic carboxylic acids is 1. The summed E-state index contributed by atoms with van der Waals surface area (Å²) in [6, 6.07) is 17.4. The SMILES string of the molecule is O=C(NCCC#Cc1c(F)cc(C(=O)O)cc1F)OCC1c2ccccc2-c2ccccc21. The third-order valence-electron chi connectivity index (χ3n) is 5.37. The fourth-order valence-electron chi connectivity index (χ4n) is 3.84. The molecule has 4 rings (SSSR count). The first kappa shape index (κ1) is 22.0. The fraction of sp³-hybridized carbons (Fsp3) is 0.154. The Kier molecular flexibility index (Phi) is 6.36. The molecule has 1 aliphatic carbocycles. The molecule has 3 aromatic carbocycles. The molecule has 5 nitrogen and oxygen atoms in total. The van der Waals surface area contributed by atoms with Crippen molar-refractivity contribution in [2.75, 3.05) is 13.2 Å². The molecule has 0 radical (unpaired) electrons. The molecule has 0 saturated heterocycles. The molecular formula is C26H19F2NO4. The van der Waals surface area contributed by atoms with E-state index in [2.05, 4.69) is 17.2 Å².